The van der Waals surface area contributed by atoms with Gasteiger partial charge in [0, 0.05) is 85.8 Å². The monoisotopic (exact) mass is 1070 g/mol. The van der Waals surface area contributed by atoms with Crippen molar-refractivity contribution in [3.05, 3.63) is 95.6 Å². The summed E-state index contributed by atoms with van der Waals surface area (Å²) >= 11 is 0. The normalized spacial score (nSPS) is 24.0. The number of hydrogen-bond donors (Lipinski definition) is 8. The van der Waals surface area contributed by atoms with E-state index < -0.39 is 66.5 Å². The molecule has 2 aromatic heterocycles. The van der Waals surface area contributed by atoms with Crippen LogP contribution in [0.25, 0.3) is 43.6 Å². The number of aliphatic hydroxyl groups is 3. The van der Waals surface area contributed by atoms with Crippen molar-refractivity contribution in [1.29, 1.82) is 0 Å². The average Bonchev–Trinajstić information content (AvgIpc) is 3.65. The van der Waals surface area contributed by atoms with Gasteiger partial charge in [-0.05, 0) is 61.6 Å². The number of para-hydroxylation sites is 2. The van der Waals surface area contributed by atoms with E-state index in [1.807, 2.05) is 55.5 Å². The van der Waals surface area contributed by atoms with E-state index >= 15 is 0 Å². The summed E-state index contributed by atoms with van der Waals surface area (Å²) in [6, 6.07) is 19.4. The number of rotatable bonds is 18. The van der Waals surface area contributed by atoms with E-state index in [0.717, 1.165) is 54.1 Å². The Morgan fingerprint density at radius 1 is 0.885 bits per heavy atom. The standard InChI is InChI=1S/C55H59N7O16/c1-55(62-34-14-9-7-12-30(34)41-31-26-57-51(70)43(31)42-29-11-6-8-13-32(29)59-44(42)45(41)62)50(74-3)35(21-24-76-55)60(2)54(73)75-27-28-16-17-36(77-53-48(69)46(67)47(68)49(78-53)52(71)72)33(25-28)58-38(64)20-22-56-37(63)15-5-4-10-23-61-39(65)18-19-40(61)66/h6-9,11-14,16-19,25,35,46-50,53,59,67-69H,4-5,10,15,20-24,26-27H2,1-3H3,(H,56,63)(H,57,70)(H,58,64)(H,71,72). The summed E-state index contributed by atoms with van der Waals surface area (Å²) in [6.45, 7) is 2.31. The zero-order chi connectivity index (χ0) is 55.2. The number of aliphatic hydroxyl groups excluding tert-OH is 3. The highest BCUT2D eigenvalue weighted by Crippen LogP contribution is 2.48. The largest absolute Gasteiger partial charge is 0.479 e. The van der Waals surface area contributed by atoms with Gasteiger partial charge in [0.1, 0.15) is 36.8 Å². The maximum atomic E-state index is 14.2. The number of carboxylic acids is 1. The molecule has 6 heterocycles. The van der Waals surface area contributed by atoms with Gasteiger partial charge in [-0.1, -0.05) is 48.9 Å². The number of aliphatic carboxylic acids is 1. The Hall–Kier alpha value is -7.93. The Morgan fingerprint density at radius 3 is 2.38 bits per heavy atom. The minimum absolute atomic E-state index is 0.0395. The highest BCUT2D eigenvalue weighted by atomic mass is 16.7. The van der Waals surface area contributed by atoms with E-state index in [4.69, 9.17) is 23.7 Å². The molecular weight excluding hydrogens is 1010 g/mol. The number of anilines is 1. The summed E-state index contributed by atoms with van der Waals surface area (Å²) in [5.41, 5.74) is 3.79. The minimum Gasteiger partial charge on any atom is -0.479 e. The number of H-pyrrole nitrogens is 1. The van der Waals surface area contributed by atoms with Crippen molar-refractivity contribution in [3.63, 3.8) is 0 Å². The van der Waals surface area contributed by atoms with Crippen LogP contribution in [-0.2, 0) is 61.8 Å². The molecule has 4 aromatic carbocycles. The van der Waals surface area contributed by atoms with Gasteiger partial charge in [0.2, 0.25) is 18.1 Å². The summed E-state index contributed by atoms with van der Waals surface area (Å²) in [4.78, 5) is 95.5. The Kier molecular flexibility index (Phi) is 15.0. The zero-order valence-electron chi connectivity index (χ0n) is 42.9. The summed E-state index contributed by atoms with van der Waals surface area (Å²) in [7, 11) is 3.16. The van der Waals surface area contributed by atoms with Gasteiger partial charge < -0.3 is 74.5 Å². The second kappa shape index (κ2) is 21.8. The van der Waals surface area contributed by atoms with E-state index in [2.05, 4.69) is 25.5 Å². The first-order valence-corrected chi connectivity index (χ1v) is 25.7. The Morgan fingerprint density at radius 2 is 1.63 bits per heavy atom. The predicted octanol–water partition coefficient (Wildman–Crippen LogP) is 3.62. The quantitative estimate of drug-likeness (QED) is 0.0450. The number of nitrogens with one attached hydrogen (secondary N) is 4. The third-order valence-corrected chi connectivity index (χ3v) is 15.1. The third kappa shape index (κ3) is 9.77. The molecule has 8 N–H and O–H groups in total. The van der Waals surface area contributed by atoms with Crippen LogP contribution in [0.1, 0.15) is 66.9 Å². The number of aromatic amines is 1. The fourth-order valence-corrected chi connectivity index (χ4v) is 11.2. The first kappa shape index (κ1) is 53.5. The lowest BCUT2D eigenvalue weighted by Crippen LogP contribution is -2.61. The van der Waals surface area contributed by atoms with Crippen LogP contribution < -0.4 is 20.7 Å². The highest BCUT2D eigenvalue weighted by molar-refractivity contribution is 6.30. The van der Waals surface area contributed by atoms with Crippen molar-refractivity contribution in [2.24, 2.45) is 0 Å². The number of carbonyl (C=O) groups excluding carboxylic acids is 6. The Balaban J connectivity index is 0.856. The average molecular weight is 1070 g/mol. The number of hydrogen-bond acceptors (Lipinski definition) is 15. The maximum Gasteiger partial charge on any atom is 0.410 e. The molecule has 410 valence electrons. The molecule has 23 heteroatoms. The summed E-state index contributed by atoms with van der Waals surface area (Å²) in [5.74, 6) is -3.62. The molecule has 0 saturated carbocycles. The maximum absolute atomic E-state index is 14.2. The minimum atomic E-state index is -1.99. The number of aromatic nitrogens is 2. The lowest BCUT2D eigenvalue weighted by atomic mass is 9.93. The number of likely N-dealkylation sites (N-methyl/N-ethyl adjacent to an activating group) is 1. The molecular formula is C55H59N7O16. The molecule has 4 aliphatic rings. The molecule has 23 nitrogen and oxygen atoms in total. The first-order valence-electron chi connectivity index (χ1n) is 25.7. The fraction of sp³-hybridized carbons (Fsp3) is 0.400. The zero-order valence-corrected chi connectivity index (χ0v) is 42.9. The lowest BCUT2D eigenvalue weighted by molar-refractivity contribution is -0.271. The lowest BCUT2D eigenvalue weighted by Gasteiger charge is -2.48. The molecule has 6 amide bonds. The number of amides is 6. The smallest absolute Gasteiger partial charge is 0.410 e. The third-order valence-electron chi connectivity index (χ3n) is 15.1. The van der Waals surface area contributed by atoms with Gasteiger partial charge in [-0.25, -0.2) is 9.59 Å². The number of benzene rings is 4. The molecule has 6 aromatic rings. The van der Waals surface area contributed by atoms with Crippen molar-refractivity contribution in [2.75, 3.05) is 39.2 Å². The second-order valence-corrected chi connectivity index (χ2v) is 19.9. The van der Waals surface area contributed by atoms with Gasteiger partial charge in [0.05, 0.1) is 40.4 Å². The fourth-order valence-electron chi connectivity index (χ4n) is 11.2. The topological polar surface area (TPSA) is 310 Å². The van der Waals surface area contributed by atoms with Crippen molar-refractivity contribution in [2.45, 2.75) is 107 Å². The number of unbranched alkanes of at least 4 members (excludes halogenated alkanes) is 2. The number of nitrogens with zero attached hydrogens (tertiary/aromatic N) is 3. The van der Waals surface area contributed by atoms with Gasteiger partial charge in [-0.15, -0.1) is 0 Å². The highest BCUT2D eigenvalue weighted by Gasteiger charge is 2.51. The molecule has 78 heavy (non-hydrogen) atoms. The molecule has 0 bridgehead atoms. The summed E-state index contributed by atoms with van der Waals surface area (Å²) in [5, 5.41) is 53.0. The van der Waals surface area contributed by atoms with E-state index in [9.17, 15) is 54.0 Å². The van der Waals surface area contributed by atoms with Crippen molar-refractivity contribution < 1.29 is 77.7 Å². The number of fused-ring (bicyclic) bond motifs is 10. The number of imide groups is 1. The number of carbonyl (C=O) groups is 7. The van der Waals surface area contributed by atoms with E-state index in [0.29, 0.717) is 43.4 Å². The van der Waals surface area contributed by atoms with Gasteiger partial charge in [-0.2, -0.15) is 0 Å². The molecule has 4 aliphatic heterocycles. The molecule has 2 fully saturated rings. The van der Waals surface area contributed by atoms with Gasteiger partial charge in [0.25, 0.3) is 17.7 Å². The van der Waals surface area contributed by atoms with Crippen LogP contribution in [0.2, 0.25) is 0 Å². The van der Waals surface area contributed by atoms with Crippen LogP contribution >= 0.6 is 0 Å². The van der Waals surface area contributed by atoms with Crippen molar-refractivity contribution in [1.82, 2.24) is 30.0 Å². The van der Waals surface area contributed by atoms with Crippen LogP contribution in [-0.4, -0.2) is 158 Å². The molecule has 0 radical (unpaired) electrons. The van der Waals surface area contributed by atoms with Crippen LogP contribution in [0.15, 0.2) is 78.9 Å². The predicted molar refractivity (Wildman–Crippen MR) is 279 cm³/mol. The van der Waals surface area contributed by atoms with Gasteiger partial charge in [-0.3, -0.25) is 28.9 Å². The molecule has 8 atom stereocenters. The van der Waals surface area contributed by atoms with E-state index in [-0.39, 0.29) is 74.2 Å². The number of carboxylic acid groups (broad SMARTS) is 1. The summed E-state index contributed by atoms with van der Waals surface area (Å²) in [6.07, 6.45) is -6.96. The molecule has 2 saturated heterocycles. The molecule has 0 spiro atoms. The summed E-state index contributed by atoms with van der Waals surface area (Å²) < 4.78 is 32.4. The van der Waals surface area contributed by atoms with Crippen LogP contribution in [0.4, 0.5) is 10.5 Å². The van der Waals surface area contributed by atoms with Crippen LogP contribution in [0, 0.1) is 0 Å². The second-order valence-electron chi connectivity index (χ2n) is 19.9. The van der Waals surface area contributed by atoms with E-state index in [1.54, 1.807) is 14.2 Å². The molecule has 10 rings (SSSR count). The first-order chi connectivity index (χ1) is 37.5. The molecule has 0 aliphatic carbocycles. The Labute approximate surface area is 444 Å². The van der Waals surface area contributed by atoms with Crippen LogP contribution in [0.5, 0.6) is 5.75 Å². The van der Waals surface area contributed by atoms with E-state index in [1.165, 1.54) is 35.3 Å². The van der Waals surface area contributed by atoms with Crippen LogP contribution in [0.3, 0.4) is 0 Å². The SMILES string of the molecule is COC1C(N(C)C(=O)OCc2ccc(OC3OC(C(=O)O)C(O)C(O)C3O)c(NC(=O)CCNC(=O)CCCCCN3C(=O)C=CC3=O)c2)CCOC1(C)n1c2ccccc2c2c3c(c4c5ccccc5[nH]c4c21)C(=O)NC3. The number of ether oxygens (including phenoxy) is 5. The Bertz CT molecular complexity index is 3410. The molecule has 8 unspecified atom stereocenters. The number of methoxy groups -OCH3 is 1. The van der Waals surface area contributed by atoms with Crippen molar-refractivity contribution in [3.8, 4) is 5.75 Å². The van der Waals surface area contributed by atoms with Gasteiger partial charge in [0.15, 0.2) is 11.8 Å². The van der Waals surface area contributed by atoms with Crippen molar-refractivity contribution >= 4 is 90.9 Å². The van der Waals surface area contributed by atoms with Gasteiger partial charge >= 0.3 is 12.1 Å².